The average Bonchev–Trinajstić information content (AvgIpc) is 2.98. The fraction of sp³-hybridized carbons (Fsp3) is 0.375. The van der Waals surface area contributed by atoms with Gasteiger partial charge < -0.3 is 5.32 Å². The number of benzene rings is 1. The van der Waals surface area contributed by atoms with Gasteiger partial charge in [-0.3, -0.25) is 9.59 Å². The number of unbranched alkanes of at least 4 members (excludes halogenated alkanes) is 1. The lowest BCUT2D eigenvalue weighted by Gasteiger charge is -2.01. The first kappa shape index (κ1) is 16.3. The first-order valence-electron chi connectivity index (χ1n) is 7.39. The summed E-state index contributed by atoms with van der Waals surface area (Å²) >= 11 is 1.39. The Morgan fingerprint density at radius 3 is 2.64 bits per heavy atom. The average molecular weight is 317 g/mol. The molecule has 0 aliphatic rings. The molecule has 0 saturated carbocycles. The van der Waals surface area contributed by atoms with E-state index >= 15 is 0 Å². The van der Waals surface area contributed by atoms with Crippen LogP contribution in [0, 0.1) is 0 Å². The summed E-state index contributed by atoms with van der Waals surface area (Å²) in [6.45, 7) is 2.12. The molecule has 1 aromatic carbocycles. The third-order valence-corrected chi connectivity index (χ3v) is 4.03. The molecule has 22 heavy (non-hydrogen) atoms. The molecule has 0 atom stereocenters. The third kappa shape index (κ3) is 5.04. The number of aryl methyl sites for hydroxylation is 1. The van der Waals surface area contributed by atoms with Gasteiger partial charge in [-0.15, -0.1) is 10.2 Å². The summed E-state index contributed by atoms with van der Waals surface area (Å²) in [6, 6.07) is 8.99. The third-order valence-electron chi connectivity index (χ3n) is 3.13. The topological polar surface area (TPSA) is 72.0 Å². The molecule has 0 bridgehead atoms. The van der Waals surface area contributed by atoms with Gasteiger partial charge in [-0.25, -0.2) is 0 Å². The number of carbonyl (C=O) groups excluding carboxylic acids is 2. The van der Waals surface area contributed by atoms with Gasteiger partial charge in [-0.2, -0.15) is 0 Å². The Bertz CT molecular complexity index is 625. The largest absolute Gasteiger partial charge is 0.301 e. The van der Waals surface area contributed by atoms with Crippen molar-refractivity contribution < 1.29 is 9.59 Å². The molecule has 1 aromatic heterocycles. The van der Waals surface area contributed by atoms with Crippen LogP contribution >= 0.6 is 11.3 Å². The van der Waals surface area contributed by atoms with Crippen LogP contribution in [-0.2, 0) is 11.2 Å². The van der Waals surface area contributed by atoms with E-state index in [2.05, 4.69) is 22.4 Å². The van der Waals surface area contributed by atoms with E-state index in [1.807, 2.05) is 18.2 Å². The smallest absolute Gasteiger partial charge is 0.226 e. The van der Waals surface area contributed by atoms with Crippen LogP contribution in [-0.4, -0.2) is 21.9 Å². The molecular formula is C16H19N3O2S. The van der Waals surface area contributed by atoms with E-state index < -0.39 is 0 Å². The number of Topliss-reactive ketones (excluding diaryl/α,β-unsaturated/α-hetero) is 1. The quantitative estimate of drug-likeness (QED) is 0.757. The Morgan fingerprint density at radius 2 is 1.91 bits per heavy atom. The summed E-state index contributed by atoms with van der Waals surface area (Å²) in [7, 11) is 0. The van der Waals surface area contributed by atoms with Crippen molar-refractivity contribution in [2.24, 2.45) is 0 Å². The fourth-order valence-corrected chi connectivity index (χ4v) is 2.71. The van der Waals surface area contributed by atoms with Gasteiger partial charge in [0.05, 0.1) is 0 Å². The lowest BCUT2D eigenvalue weighted by atomic mass is 10.1. The summed E-state index contributed by atoms with van der Waals surface area (Å²) in [5.74, 6) is -0.237. The number of carbonyl (C=O) groups is 2. The van der Waals surface area contributed by atoms with Crippen LogP contribution in [0.4, 0.5) is 5.13 Å². The molecule has 6 heteroatoms. The molecule has 116 valence electrons. The molecule has 1 N–H and O–H groups in total. The van der Waals surface area contributed by atoms with Crippen molar-refractivity contribution in [1.82, 2.24) is 10.2 Å². The highest BCUT2D eigenvalue weighted by molar-refractivity contribution is 7.15. The zero-order chi connectivity index (χ0) is 15.8. The highest BCUT2D eigenvalue weighted by Crippen LogP contribution is 2.17. The standard InChI is InChI=1S/C16H19N3O2S/c1-2-3-9-15-18-19-16(22-15)17-14(21)11-10-13(20)12-7-5-4-6-8-12/h4-8H,2-3,9-11H2,1H3,(H,17,19,21). The Labute approximate surface area is 133 Å². The minimum atomic E-state index is -0.206. The lowest BCUT2D eigenvalue weighted by molar-refractivity contribution is -0.116. The van der Waals surface area contributed by atoms with E-state index in [-0.39, 0.29) is 24.5 Å². The maximum atomic E-state index is 11.9. The van der Waals surface area contributed by atoms with Crippen LogP contribution in [0.5, 0.6) is 0 Å². The Morgan fingerprint density at radius 1 is 1.14 bits per heavy atom. The van der Waals surface area contributed by atoms with Gasteiger partial charge >= 0.3 is 0 Å². The van der Waals surface area contributed by atoms with E-state index in [4.69, 9.17) is 0 Å². The van der Waals surface area contributed by atoms with Crippen LogP contribution in [0.2, 0.25) is 0 Å². The van der Waals surface area contributed by atoms with Crippen LogP contribution in [0.15, 0.2) is 30.3 Å². The molecule has 5 nitrogen and oxygen atoms in total. The van der Waals surface area contributed by atoms with Gasteiger partial charge in [-0.1, -0.05) is 55.0 Å². The normalized spacial score (nSPS) is 10.4. The van der Waals surface area contributed by atoms with Crippen molar-refractivity contribution in [3.63, 3.8) is 0 Å². The van der Waals surface area contributed by atoms with Crippen LogP contribution in [0.25, 0.3) is 0 Å². The monoisotopic (exact) mass is 317 g/mol. The van der Waals surface area contributed by atoms with Crippen LogP contribution in [0.1, 0.15) is 48.0 Å². The van der Waals surface area contributed by atoms with E-state index in [1.165, 1.54) is 11.3 Å². The van der Waals surface area contributed by atoms with Crippen molar-refractivity contribution in [2.75, 3.05) is 5.32 Å². The zero-order valence-corrected chi connectivity index (χ0v) is 13.4. The number of hydrogen-bond donors (Lipinski definition) is 1. The van der Waals surface area contributed by atoms with Gasteiger partial charge in [0.15, 0.2) is 5.78 Å². The van der Waals surface area contributed by atoms with Crippen LogP contribution < -0.4 is 5.32 Å². The van der Waals surface area contributed by atoms with Gasteiger partial charge in [0, 0.05) is 24.8 Å². The highest BCUT2D eigenvalue weighted by atomic mass is 32.1. The lowest BCUT2D eigenvalue weighted by Crippen LogP contribution is -2.13. The number of hydrogen-bond acceptors (Lipinski definition) is 5. The van der Waals surface area contributed by atoms with Gasteiger partial charge in [-0.05, 0) is 6.42 Å². The molecule has 2 aromatic rings. The number of amides is 1. The molecule has 0 fully saturated rings. The molecule has 0 aliphatic heterocycles. The van der Waals surface area contributed by atoms with E-state index in [0.29, 0.717) is 10.7 Å². The van der Waals surface area contributed by atoms with Crippen molar-refractivity contribution in [2.45, 2.75) is 39.0 Å². The van der Waals surface area contributed by atoms with Gasteiger partial charge in [0.25, 0.3) is 0 Å². The van der Waals surface area contributed by atoms with Crippen molar-refractivity contribution in [3.05, 3.63) is 40.9 Å². The van der Waals surface area contributed by atoms with Crippen molar-refractivity contribution in [3.8, 4) is 0 Å². The predicted molar refractivity (Wildman–Crippen MR) is 87.2 cm³/mol. The minimum Gasteiger partial charge on any atom is -0.301 e. The first-order valence-corrected chi connectivity index (χ1v) is 8.21. The highest BCUT2D eigenvalue weighted by Gasteiger charge is 2.11. The summed E-state index contributed by atoms with van der Waals surface area (Å²) < 4.78 is 0. The number of aromatic nitrogens is 2. The summed E-state index contributed by atoms with van der Waals surface area (Å²) in [5.41, 5.74) is 0.632. The minimum absolute atomic E-state index is 0.0309. The van der Waals surface area contributed by atoms with E-state index in [1.54, 1.807) is 12.1 Å². The summed E-state index contributed by atoms with van der Waals surface area (Å²) in [6.07, 6.45) is 3.39. The Hall–Kier alpha value is -2.08. The van der Waals surface area contributed by atoms with Gasteiger partial charge in [0.2, 0.25) is 11.0 Å². The molecule has 2 rings (SSSR count). The number of anilines is 1. The Balaban J connectivity index is 1.78. The first-order chi connectivity index (χ1) is 10.7. The van der Waals surface area contributed by atoms with E-state index in [9.17, 15) is 9.59 Å². The molecule has 1 heterocycles. The number of nitrogens with one attached hydrogen (secondary N) is 1. The molecule has 0 spiro atoms. The number of nitrogens with zero attached hydrogens (tertiary/aromatic N) is 2. The molecule has 0 unspecified atom stereocenters. The summed E-state index contributed by atoms with van der Waals surface area (Å²) in [4.78, 5) is 23.8. The maximum Gasteiger partial charge on any atom is 0.226 e. The van der Waals surface area contributed by atoms with E-state index in [0.717, 1.165) is 24.3 Å². The molecule has 0 saturated heterocycles. The second kappa shape index (κ2) is 8.38. The number of ketones is 1. The zero-order valence-electron chi connectivity index (χ0n) is 12.5. The predicted octanol–water partition coefficient (Wildman–Crippen LogP) is 3.48. The molecule has 0 radical (unpaired) electrons. The number of rotatable bonds is 8. The SMILES string of the molecule is CCCCc1nnc(NC(=O)CCC(=O)c2ccccc2)s1. The molecule has 0 aliphatic carbocycles. The van der Waals surface area contributed by atoms with Crippen molar-refractivity contribution >= 4 is 28.2 Å². The van der Waals surface area contributed by atoms with Crippen LogP contribution in [0.3, 0.4) is 0 Å². The maximum absolute atomic E-state index is 11.9. The van der Waals surface area contributed by atoms with Gasteiger partial charge in [0.1, 0.15) is 5.01 Å². The molecule has 1 amide bonds. The summed E-state index contributed by atoms with van der Waals surface area (Å²) in [5, 5.41) is 12.1. The van der Waals surface area contributed by atoms with Crippen molar-refractivity contribution in [1.29, 1.82) is 0 Å². The second-order valence-corrected chi connectivity index (χ2v) is 6.00. The fourth-order valence-electron chi connectivity index (χ4n) is 1.91. The Kier molecular flexibility index (Phi) is 6.21. The molecular weight excluding hydrogens is 298 g/mol. The second-order valence-electron chi connectivity index (χ2n) is 4.94.